The fraction of sp³-hybridized carbons (Fsp3) is 0.857. The van der Waals surface area contributed by atoms with Crippen LogP contribution in [0.5, 0.6) is 0 Å². The van der Waals surface area contributed by atoms with E-state index in [2.05, 4.69) is 49.8 Å². The number of rotatable bonds is 8. The van der Waals surface area contributed by atoms with Crippen LogP contribution in [-0.4, -0.2) is 43.6 Å². The van der Waals surface area contributed by atoms with Gasteiger partial charge in [-0.05, 0) is 32.9 Å². The molecule has 1 aromatic rings. The second-order valence-corrected chi connectivity index (χ2v) is 5.17. The molecule has 5 nitrogen and oxygen atoms in total. The van der Waals surface area contributed by atoms with Crippen LogP contribution in [-0.2, 0) is 6.54 Å². The molecule has 0 saturated carbocycles. The molecular formula is C14H28N4O. The number of hydrogen-bond acceptors (Lipinski definition) is 4. The Morgan fingerprint density at radius 2 is 1.95 bits per heavy atom. The van der Waals surface area contributed by atoms with E-state index in [9.17, 15) is 5.11 Å². The molecule has 2 atom stereocenters. The Morgan fingerprint density at radius 1 is 1.32 bits per heavy atom. The van der Waals surface area contributed by atoms with Gasteiger partial charge in [0, 0.05) is 12.1 Å². The van der Waals surface area contributed by atoms with Crippen LogP contribution in [0.3, 0.4) is 0 Å². The Morgan fingerprint density at radius 3 is 2.42 bits per heavy atom. The highest BCUT2D eigenvalue weighted by atomic mass is 16.3. The third kappa shape index (κ3) is 3.15. The van der Waals surface area contributed by atoms with Gasteiger partial charge in [0.25, 0.3) is 0 Å². The number of nitrogens with zero attached hydrogens (tertiary/aromatic N) is 4. The van der Waals surface area contributed by atoms with Crippen molar-refractivity contribution in [3.05, 3.63) is 11.9 Å². The molecule has 0 radical (unpaired) electrons. The minimum Gasteiger partial charge on any atom is -0.385 e. The Labute approximate surface area is 116 Å². The summed E-state index contributed by atoms with van der Waals surface area (Å²) in [7, 11) is 0. The maximum Gasteiger partial charge on any atom is 0.115 e. The highest BCUT2D eigenvalue weighted by Crippen LogP contribution is 2.33. The van der Waals surface area contributed by atoms with E-state index < -0.39 is 6.10 Å². The molecular weight excluding hydrogens is 240 g/mol. The number of aliphatic hydroxyl groups excluding tert-OH is 1. The normalized spacial score (nSPS) is 16.6. The van der Waals surface area contributed by atoms with Gasteiger partial charge in [-0.25, -0.2) is 4.68 Å². The minimum absolute atomic E-state index is 0.281. The molecule has 0 aliphatic carbocycles. The van der Waals surface area contributed by atoms with Crippen LogP contribution in [0.4, 0.5) is 0 Å². The van der Waals surface area contributed by atoms with E-state index in [1.165, 1.54) is 0 Å². The number of aryl methyl sites for hydroxylation is 1. The summed E-state index contributed by atoms with van der Waals surface area (Å²) in [5.74, 6) is 0. The summed E-state index contributed by atoms with van der Waals surface area (Å²) in [5, 5.41) is 18.9. The first-order chi connectivity index (χ1) is 9.04. The monoisotopic (exact) mass is 268 g/mol. The minimum atomic E-state index is -0.570. The predicted octanol–water partition coefficient (Wildman–Crippen LogP) is 2.23. The molecule has 1 N–H and O–H groups in total. The molecule has 1 aromatic heterocycles. The first-order valence-electron chi connectivity index (χ1n) is 7.36. The molecule has 0 aromatic carbocycles. The molecule has 5 heteroatoms. The number of likely N-dealkylation sites (N-methyl/N-ethyl adjacent to an activating group) is 1. The summed E-state index contributed by atoms with van der Waals surface area (Å²) in [6, 6.07) is 0. The van der Waals surface area contributed by atoms with E-state index >= 15 is 0 Å². The molecule has 110 valence electrons. The van der Waals surface area contributed by atoms with Crippen molar-refractivity contribution in [3.8, 4) is 0 Å². The topological polar surface area (TPSA) is 54.2 Å². The van der Waals surface area contributed by atoms with Gasteiger partial charge in [0.2, 0.25) is 0 Å². The van der Waals surface area contributed by atoms with Crippen molar-refractivity contribution in [2.45, 2.75) is 65.6 Å². The Kier molecular flexibility index (Phi) is 5.94. The smallest absolute Gasteiger partial charge is 0.115 e. The lowest BCUT2D eigenvalue weighted by Gasteiger charge is -2.43. The molecule has 0 fully saturated rings. The van der Waals surface area contributed by atoms with Crippen LogP contribution in [0.2, 0.25) is 0 Å². The summed E-state index contributed by atoms with van der Waals surface area (Å²) < 4.78 is 1.82. The maximum absolute atomic E-state index is 10.8. The summed E-state index contributed by atoms with van der Waals surface area (Å²) in [5.41, 5.74) is 0.537. The van der Waals surface area contributed by atoms with Crippen molar-refractivity contribution in [2.75, 3.05) is 13.1 Å². The van der Waals surface area contributed by atoms with E-state index in [4.69, 9.17) is 0 Å². The second kappa shape index (κ2) is 7.01. The van der Waals surface area contributed by atoms with Gasteiger partial charge in [-0.1, -0.05) is 32.9 Å². The predicted molar refractivity (Wildman–Crippen MR) is 76.9 cm³/mol. The van der Waals surface area contributed by atoms with E-state index in [0.717, 1.165) is 38.2 Å². The van der Waals surface area contributed by atoms with Crippen molar-refractivity contribution in [2.24, 2.45) is 0 Å². The zero-order chi connectivity index (χ0) is 14.5. The number of aliphatic hydroxyl groups is 1. The number of aromatic nitrogens is 3. The van der Waals surface area contributed by atoms with Gasteiger partial charge >= 0.3 is 0 Å². The summed E-state index contributed by atoms with van der Waals surface area (Å²) in [4.78, 5) is 2.31. The van der Waals surface area contributed by atoms with Crippen LogP contribution in [0.15, 0.2) is 6.20 Å². The van der Waals surface area contributed by atoms with Crippen molar-refractivity contribution in [1.29, 1.82) is 0 Å². The van der Waals surface area contributed by atoms with Crippen LogP contribution in [0.1, 0.15) is 59.3 Å². The van der Waals surface area contributed by atoms with Gasteiger partial charge in [0.05, 0.1) is 11.9 Å². The molecule has 0 spiro atoms. The first kappa shape index (κ1) is 16.1. The SMILES string of the molecule is CCCn1nncc1C(O)C(C)(CC)N(CC)CC. The average molecular weight is 268 g/mol. The van der Waals surface area contributed by atoms with Gasteiger partial charge in [-0.3, -0.25) is 4.90 Å². The molecule has 0 bridgehead atoms. The lowest BCUT2D eigenvalue weighted by atomic mass is 9.87. The fourth-order valence-corrected chi connectivity index (χ4v) is 2.72. The van der Waals surface area contributed by atoms with Crippen molar-refractivity contribution >= 4 is 0 Å². The van der Waals surface area contributed by atoms with E-state index in [0.29, 0.717) is 0 Å². The molecule has 0 aliphatic heterocycles. The van der Waals surface area contributed by atoms with Crippen LogP contribution in [0.25, 0.3) is 0 Å². The zero-order valence-electron chi connectivity index (χ0n) is 12.9. The summed E-state index contributed by atoms with van der Waals surface area (Å²) in [6.07, 6.45) is 2.99. The molecule has 0 saturated heterocycles. The Bertz CT molecular complexity index is 375. The molecule has 2 unspecified atom stereocenters. The maximum atomic E-state index is 10.8. The van der Waals surface area contributed by atoms with Gasteiger partial charge in [-0.2, -0.15) is 0 Å². The van der Waals surface area contributed by atoms with Crippen molar-refractivity contribution < 1.29 is 5.11 Å². The van der Waals surface area contributed by atoms with Crippen LogP contribution < -0.4 is 0 Å². The van der Waals surface area contributed by atoms with Gasteiger partial charge in [0.15, 0.2) is 0 Å². The standard InChI is InChI=1S/C14H28N4O/c1-6-10-18-12(11-15-16-18)13(19)14(5,7-2)17(8-3)9-4/h11,13,19H,6-10H2,1-5H3. The highest BCUT2D eigenvalue weighted by Gasteiger charge is 2.38. The fourth-order valence-electron chi connectivity index (χ4n) is 2.72. The van der Waals surface area contributed by atoms with E-state index in [-0.39, 0.29) is 5.54 Å². The Hall–Kier alpha value is -0.940. The molecule has 0 aliphatic rings. The molecule has 1 rings (SSSR count). The number of hydrogen-bond donors (Lipinski definition) is 1. The van der Waals surface area contributed by atoms with Gasteiger partial charge in [-0.15, -0.1) is 5.10 Å². The van der Waals surface area contributed by atoms with Gasteiger partial charge in [0.1, 0.15) is 6.10 Å². The summed E-state index contributed by atoms with van der Waals surface area (Å²) >= 11 is 0. The second-order valence-electron chi connectivity index (χ2n) is 5.17. The zero-order valence-corrected chi connectivity index (χ0v) is 12.9. The highest BCUT2D eigenvalue weighted by molar-refractivity contribution is 5.08. The van der Waals surface area contributed by atoms with Crippen molar-refractivity contribution in [1.82, 2.24) is 19.9 Å². The Balaban J connectivity index is 3.06. The molecule has 19 heavy (non-hydrogen) atoms. The third-order valence-electron chi connectivity index (χ3n) is 4.15. The van der Waals surface area contributed by atoms with E-state index in [1.807, 2.05) is 4.68 Å². The first-order valence-corrected chi connectivity index (χ1v) is 7.36. The average Bonchev–Trinajstić information content (AvgIpc) is 2.87. The largest absolute Gasteiger partial charge is 0.385 e. The quantitative estimate of drug-likeness (QED) is 0.785. The van der Waals surface area contributed by atoms with Crippen molar-refractivity contribution in [3.63, 3.8) is 0 Å². The lowest BCUT2D eigenvalue weighted by molar-refractivity contribution is -0.0259. The molecule has 1 heterocycles. The van der Waals surface area contributed by atoms with E-state index in [1.54, 1.807) is 6.20 Å². The van der Waals surface area contributed by atoms with Crippen LogP contribution >= 0.6 is 0 Å². The third-order valence-corrected chi connectivity index (χ3v) is 4.15. The van der Waals surface area contributed by atoms with Gasteiger partial charge < -0.3 is 5.11 Å². The lowest BCUT2D eigenvalue weighted by Crippen LogP contribution is -2.50. The van der Waals surface area contributed by atoms with Crippen LogP contribution in [0, 0.1) is 0 Å². The molecule has 0 amide bonds. The summed E-state index contributed by atoms with van der Waals surface area (Å²) in [6.45, 7) is 13.2.